The summed E-state index contributed by atoms with van der Waals surface area (Å²) in [4.78, 5) is 15.4. The Kier molecular flexibility index (Phi) is 7.87. The highest BCUT2D eigenvalue weighted by molar-refractivity contribution is 7.89. The number of carbonyl (C=O) groups is 1. The van der Waals surface area contributed by atoms with E-state index in [1.165, 1.54) is 0 Å². The van der Waals surface area contributed by atoms with Crippen molar-refractivity contribution in [3.63, 3.8) is 0 Å². The molecule has 0 atom stereocenters. The molecule has 1 amide bonds. The molecule has 42 heavy (non-hydrogen) atoms. The van der Waals surface area contributed by atoms with Crippen LogP contribution >= 0.6 is 0 Å². The van der Waals surface area contributed by atoms with Gasteiger partial charge in [-0.15, -0.1) is 0 Å². The van der Waals surface area contributed by atoms with Crippen LogP contribution in [0.4, 0.5) is 26.0 Å². The fourth-order valence-electron chi connectivity index (χ4n) is 5.62. The van der Waals surface area contributed by atoms with Gasteiger partial charge in [0.05, 0.1) is 16.5 Å². The van der Waals surface area contributed by atoms with Crippen LogP contribution in [-0.4, -0.2) is 85.7 Å². The van der Waals surface area contributed by atoms with Gasteiger partial charge in [0.2, 0.25) is 10.0 Å². The summed E-state index contributed by atoms with van der Waals surface area (Å²) in [6.45, 7) is 3.15. The molecule has 1 aromatic heterocycles. The van der Waals surface area contributed by atoms with Gasteiger partial charge in [0.1, 0.15) is 11.6 Å². The molecule has 224 valence electrons. The molecule has 3 aliphatic rings. The number of ether oxygens (including phenoxy) is 1. The van der Waals surface area contributed by atoms with Crippen molar-refractivity contribution in [3.8, 4) is 0 Å². The molecular formula is C28H33F2N7O4S. The smallest absolute Gasteiger partial charge is 0.258 e. The van der Waals surface area contributed by atoms with Crippen LogP contribution in [0.1, 0.15) is 34.5 Å². The van der Waals surface area contributed by atoms with Gasteiger partial charge in [0.25, 0.3) is 5.91 Å². The largest absolute Gasteiger partial charge is 0.381 e. The van der Waals surface area contributed by atoms with Gasteiger partial charge in [-0.3, -0.25) is 9.89 Å². The van der Waals surface area contributed by atoms with Crippen LogP contribution in [0.2, 0.25) is 0 Å². The summed E-state index contributed by atoms with van der Waals surface area (Å²) in [6.07, 6.45) is 1.93. The molecule has 11 nitrogen and oxygen atoms in total. The second-order valence-corrected chi connectivity index (χ2v) is 13.0. The Morgan fingerprint density at radius 3 is 2.50 bits per heavy atom. The van der Waals surface area contributed by atoms with Crippen molar-refractivity contribution in [1.82, 2.24) is 19.4 Å². The van der Waals surface area contributed by atoms with Crippen LogP contribution in [0.15, 0.2) is 41.3 Å². The lowest BCUT2D eigenvalue weighted by atomic mass is 10.0. The molecular weight excluding hydrogens is 568 g/mol. The number of H-pyrrole nitrogens is 1. The zero-order valence-electron chi connectivity index (χ0n) is 23.1. The van der Waals surface area contributed by atoms with Gasteiger partial charge < -0.3 is 25.6 Å². The average molecular weight is 602 g/mol. The number of aromatic amines is 1. The van der Waals surface area contributed by atoms with Crippen LogP contribution < -0.4 is 16.0 Å². The number of amides is 1. The molecule has 3 aromatic rings. The second-order valence-electron chi connectivity index (χ2n) is 11.0. The van der Waals surface area contributed by atoms with Crippen LogP contribution in [0.3, 0.4) is 0 Å². The molecule has 6 rings (SSSR count). The quantitative estimate of drug-likeness (QED) is 0.310. The summed E-state index contributed by atoms with van der Waals surface area (Å²) in [5.41, 5.74) is 3.20. The zero-order chi connectivity index (χ0) is 29.4. The third kappa shape index (κ3) is 5.98. The van der Waals surface area contributed by atoms with Crippen LogP contribution in [0.5, 0.6) is 0 Å². The maximum absolute atomic E-state index is 13.8. The number of anilines is 3. The number of rotatable bonds is 8. The number of hydrogen-bond donors (Lipinski definition) is 4. The minimum absolute atomic E-state index is 0.0907. The highest BCUT2D eigenvalue weighted by Crippen LogP contribution is 2.31. The summed E-state index contributed by atoms with van der Waals surface area (Å²) in [5.74, 6) is -2.15. The SMILES string of the molecule is CN1CC(Nc2ccc(C(=O)Nc3n[nH]c4c3CN(S(=O)(=O)c3cc(F)cc(F)c3)CC4)c(NC3CCOCC3)c2)C1. The van der Waals surface area contributed by atoms with Gasteiger partial charge in [-0.2, -0.15) is 9.40 Å². The number of nitrogens with zero attached hydrogens (tertiary/aromatic N) is 3. The lowest BCUT2D eigenvalue weighted by Gasteiger charge is -2.37. The maximum Gasteiger partial charge on any atom is 0.258 e. The Morgan fingerprint density at radius 2 is 1.79 bits per heavy atom. The Hall–Kier alpha value is -3.59. The first-order valence-electron chi connectivity index (χ1n) is 13.9. The van der Waals surface area contributed by atoms with Gasteiger partial charge in [-0.05, 0) is 50.2 Å². The highest BCUT2D eigenvalue weighted by Gasteiger charge is 2.32. The molecule has 4 heterocycles. The van der Waals surface area contributed by atoms with Gasteiger partial charge >= 0.3 is 0 Å². The number of aromatic nitrogens is 2. The van der Waals surface area contributed by atoms with Crippen molar-refractivity contribution < 1.29 is 26.7 Å². The first kappa shape index (κ1) is 28.5. The lowest BCUT2D eigenvalue weighted by Crippen LogP contribution is -2.52. The van der Waals surface area contributed by atoms with E-state index in [1.54, 1.807) is 6.07 Å². The van der Waals surface area contributed by atoms with E-state index in [0.717, 1.165) is 48.1 Å². The second kappa shape index (κ2) is 11.6. The minimum atomic E-state index is -4.20. The van der Waals surface area contributed by atoms with E-state index in [1.807, 2.05) is 12.1 Å². The topological polar surface area (TPSA) is 132 Å². The Balaban J connectivity index is 1.22. The van der Waals surface area contributed by atoms with Crippen molar-refractivity contribution in [2.24, 2.45) is 0 Å². The van der Waals surface area contributed by atoms with Gasteiger partial charge in [0, 0.05) is 80.6 Å². The van der Waals surface area contributed by atoms with Crippen LogP contribution in [0.25, 0.3) is 0 Å². The lowest BCUT2D eigenvalue weighted by molar-refractivity contribution is 0.0904. The Labute approximate surface area is 242 Å². The molecule has 0 spiro atoms. The minimum Gasteiger partial charge on any atom is -0.381 e. The zero-order valence-corrected chi connectivity index (χ0v) is 23.9. The van der Waals surface area contributed by atoms with E-state index < -0.39 is 32.5 Å². The van der Waals surface area contributed by atoms with Gasteiger partial charge in [-0.1, -0.05) is 0 Å². The number of sulfonamides is 1. The van der Waals surface area contributed by atoms with E-state index in [-0.39, 0.29) is 24.9 Å². The van der Waals surface area contributed by atoms with Crippen LogP contribution in [0, 0.1) is 11.6 Å². The number of hydrogen-bond acceptors (Lipinski definition) is 8. The first-order chi connectivity index (χ1) is 20.2. The molecule has 0 unspecified atom stereocenters. The molecule has 4 N–H and O–H groups in total. The van der Waals surface area contributed by atoms with Crippen molar-refractivity contribution in [2.75, 3.05) is 55.8 Å². The van der Waals surface area contributed by atoms with Gasteiger partial charge in [-0.25, -0.2) is 17.2 Å². The number of benzene rings is 2. The van der Waals surface area contributed by atoms with Crippen LogP contribution in [-0.2, 0) is 27.7 Å². The molecule has 0 saturated carbocycles. The number of likely N-dealkylation sites (tertiary alicyclic amines) is 1. The third-order valence-corrected chi connectivity index (χ3v) is 9.71. The van der Waals surface area contributed by atoms with E-state index in [0.29, 0.717) is 54.3 Å². The number of likely N-dealkylation sites (N-methyl/N-ethyl adjacent to an activating group) is 1. The van der Waals surface area contributed by atoms with E-state index in [4.69, 9.17) is 4.74 Å². The number of halogens is 2. The van der Waals surface area contributed by atoms with E-state index >= 15 is 0 Å². The Bertz CT molecular complexity index is 1570. The molecule has 0 radical (unpaired) electrons. The first-order valence-corrected chi connectivity index (χ1v) is 15.4. The predicted octanol–water partition coefficient (Wildman–Crippen LogP) is 3.00. The monoisotopic (exact) mass is 601 g/mol. The normalized spacial score (nSPS) is 18.7. The Morgan fingerprint density at radius 1 is 1.05 bits per heavy atom. The molecule has 2 aromatic carbocycles. The number of carbonyl (C=O) groups excluding carboxylic acids is 1. The van der Waals surface area contributed by atoms with Crippen molar-refractivity contribution in [3.05, 3.63) is 64.9 Å². The number of fused-ring (bicyclic) bond motifs is 1. The maximum atomic E-state index is 13.8. The summed E-state index contributed by atoms with van der Waals surface area (Å²) in [6, 6.07) is 8.27. The fraction of sp³-hybridized carbons (Fsp3) is 0.429. The summed E-state index contributed by atoms with van der Waals surface area (Å²) in [7, 11) is -2.13. The standard InChI is InChI=1S/C28H33F2N7O4S/c1-36-14-21(15-36)31-20-2-3-23(26(13-20)32-19-5-8-41-9-6-19)28(38)33-27-24-16-37(7-4-25(24)34-35-27)42(39,40)22-11-17(29)10-18(30)12-22/h2-3,10-13,19,21,31-32H,4-9,14-16H2,1H3,(H2,33,34,35,38). The highest BCUT2D eigenvalue weighted by atomic mass is 32.2. The molecule has 2 saturated heterocycles. The number of nitrogens with one attached hydrogen (secondary N) is 4. The summed E-state index contributed by atoms with van der Waals surface area (Å²) >= 11 is 0. The van der Waals surface area contributed by atoms with E-state index in [9.17, 15) is 22.0 Å². The third-order valence-electron chi connectivity index (χ3n) is 7.88. The van der Waals surface area contributed by atoms with Gasteiger partial charge in [0.15, 0.2) is 5.82 Å². The van der Waals surface area contributed by atoms with Crippen molar-refractivity contribution in [2.45, 2.75) is 42.8 Å². The molecule has 14 heteroatoms. The molecule has 0 bridgehead atoms. The molecule has 2 fully saturated rings. The van der Waals surface area contributed by atoms with E-state index in [2.05, 4.69) is 38.1 Å². The fourth-order valence-corrected chi connectivity index (χ4v) is 7.07. The predicted molar refractivity (Wildman–Crippen MR) is 153 cm³/mol. The summed E-state index contributed by atoms with van der Waals surface area (Å²) < 4.78 is 60.6. The molecule has 3 aliphatic heterocycles. The van der Waals surface area contributed by atoms with Crippen molar-refractivity contribution >= 4 is 33.1 Å². The van der Waals surface area contributed by atoms with Crippen molar-refractivity contribution in [1.29, 1.82) is 0 Å². The summed E-state index contributed by atoms with van der Waals surface area (Å²) in [5, 5.41) is 17.0. The molecule has 0 aliphatic carbocycles. The average Bonchev–Trinajstić information content (AvgIpc) is 3.34.